The molecule has 6 aliphatic carbocycles. The highest BCUT2D eigenvalue weighted by molar-refractivity contribution is 6.33. The minimum absolute atomic E-state index is 0.259. The molecule has 336 valence electrons. The molecule has 0 spiro atoms. The topological polar surface area (TPSA) is 30.2 Å². The van der Waals surface area contributed by atoms with Gasteiger partial charge in [-0.25, -0.2) is 0 Å². The Kier molecular flexibility index (Phi) is 7.51. The first-order valence-electron chi connectivity index (χ1n) is 26.1. The van der Waals surface area contributed by atoms with E-state index in [-0.39, 0.29) is 5.41 Å². The Bertz CT molecular complexity index is 4070. The molecule has 12 aromatic rings. The van der Waals surface area contributed by atoms with Crippen molar-refractivity contribution >= 4 is 48.9 Å². The molecule has 0 saturated heterocycles. The summed E-state index contributed by atoms with van der Waals surface area (Å²) >= 11 is 0. The number of benzene rings is 8. The van der Waals surface area contributed by atoms with E-state index in [1.807, 2.05) is 0 Å². The number of hydrogen-bond donors (Lipinski definition) is 0. The van der Waals surface area contributed by atoms with Crippen molar-refractivity contribution in [2.75, 3.05) is 0 Å². The SMILES string of the molecule is c1ccc(C2(c3ccccc3)c3ccccc3-c3ncc4c(c32)c2cc3cc(C56CC7CC(CC(C7)C5)C6)ccc3c3c5c6c(ncc5n4c23)-c2ccccc2C6(c2ccccc2)c2ccccc2)cc1. The second kappa shape index (κ2) is 13.7. The first-order chi connectivity index (χ1) is 35.1. The summed E-state index contributed by atoms with van der Waals surface area (Å²) in [6.07, 6.45) is 12.7. The average Bonchev–Trinajstić information content (AvgIpc) is 4.13. The Morgan fingerprint density at radius 2 is 0.831 bits per heavy atom. The summed E-state index contributed by atoms with van der Waals surface area (Å²) in [5.41, 5.74) is 18.7. The molecule has 0 unspecified atom stereocenters. The van der Waals surface area contributed by atoms with Crippen LogP contribution < -0.4 is 0 Å². The van der Waals surface area contributed by atoms with E-state index in [0.717, 1.165) is 40.2 Å². The Morgan fingerprint density at radius 1 is 0.394 bits per heavy atom. The molecule has 0 radical (unpaired) electrons. The van der Waals surface area contributed by atoms with Crippen molar-refractivity contribution in [3.8, 4) is 22.5 Å². The van der Waals surface area contributed by atoms with Gasteiger partial charge >= 0.3 is 0 Å². The Morgan fingerprint density at radius 3 is 1.32 bits per heavy atom. The molecule has 4 aromatic heterocycles. The summed E-state index contributed by atoms with van der Waals surface area (Å²) < 4.78 is 2.58. The fourth-order valence-electron chi connectivity index (χ4n) is 16.8. The largest absolute Gasteiger partial charge is 0.305 e. The minimum Gasteiger partial charge on any atom is -0.305 e. The molecule has 4 fully saturated rings. The molecule has 0 aliphatic heterocycles. The van der Waals surface area contributed by atoms with Crippen LogP contribution in [-0.4, -0.2) is 14.4 Å². The van der Waals surface area contributed by atoms with Gasteiger partial charge in [0.2, 0.25) is 0 Å². The van der Waals surface area contributed by atoms with E-state index in [1.165, 1.54) is 132 Å². The summed E-state index contributed by atoms with van der Waals surface area (Å²) in [6.45, 7) is 0. The second-order valence-corrected chi connectivity index (χ2v) is 22.2. The smallest absolute Gasteiger partial charge is 0.0761 e. The van der Waals surface area contributed by atoms with Gasteiger partial charge in [-0.3, -0.25) is 9.97 Å². The number of hydrogen-bond acceptors (Lipinski definition) is 2. The lowest BCUT2D eigenvalue weighted by Gasteiger charge is -2.57. The van der Waals surface area contributed by atoms with Crippen LogP contribution in [-0.2, 0) is 16.2 Å². The average molecular weight is 908 g/mol. The maximum atomic E-state index is 5.66. The molecule has 4 heterocycles. The number of nitrogens with zero attached hydrogens (tertiary/aromatic N) is 3. The predicted octanol–water partition coefficient (Wildman–Crippen LogP) is 16.0. The van der Waals surface area contributed by atoms with E-state index < -0.39 is 10.8 Å². The van der Waals surface area contributed by atoms with E-state index in [0.29, 0.717) is 0 Å². The molecular weight excluding hydrogens is 859 g/mol. The maximum absolute atomic E-state index is 5.66. The number of rotatable bonds is 5. The molecule has 0 N–H and O–H groups in total. The number of pyridine rings is 2. The van der Waals surface area contributed by atoms with Crippen LogP contribution in [0.5, 0.6) is 0 Å². The van der Waals surface area contributed by atoms with Crippen LogP contribution in [0.3, 0.4) is 0 Å². The molecule has 4 bridgehead atoms. The highest BCUT2D eigenvalue weighted by atomic mass is 15.0. The van der Waals surface area contributed by atoms with E-state index in [9.17, 15) is 0 Å². The van der Waals surface area contributed by atoms with Crippen molar-refractivity contribution in [2.24, 2.45) is 17.8 Å². The molecule has 4 saturated carbocycles. The van der Waals surface area contributed by atoms with Crippen molar-refractivity contribution in [3.63, 3.8) is 0 Å². The lowest BCUT2D eigenvalue weighted by Crippen LogP contribution is -2.48. The highest BCUT2D eigenvalue weighted by Gasteiger charge is 2.53. The molecule has 6 aliphatic rings. The molecule has 3 nitrogen and oxygen atoms in total. The van der Waals surface area contributed by atoms with Crippen molar-refractivity contribution < 1.29 is 0 Å². The highest BCUT2D eigenvalue weighted by Crippen LogP contribution is 2.64. The first kappa shape index (κ1) is 38.9. The van der Waals surface area contributed by atoms with Gasteiger partial charge in [-0.2, -0.15) is 0 Å². The lowest BCUT2D eigenvalue weighted by molar-refractivity contribution is -0.00512. The normalized spacial score (nSPS) is 21.9. The summed E-state index contributed by atoms with van der Waals surface area (Å²) in [7, 11) is 0. The molecule has 0 atom stereocenters. The first-order valence-corrected chi connectivity index (χ1v) is 26.1. The molecule has 18 rings (SSSR count). The van der Waals surface area contributed by atoms with Crippen LogP contribution in [0.4, 0.5) is 0 Å². The van der Waals surface area contributed by atoms with Gasteiger partial charge in [-0.05, 0) is 117 Å². The third-order valence-electron chi connectivity index (χ3n) is 18.9. The fourth-order valence-corrected chi connectivity index (χ4v) is 16.8. The van der Waals surface area contributed by atoms with E-state index >= 15 is 0 Å². The van der Waals surface area contributed by atoms with Crippen LogP contribution in [0.15, 0.2) is 207 Å². The summed E-state index contributed by atoms with van der Waals surface area (Å²) in [5.74, 6) is 2.59. The van der Waals surface area contributed by atoms with Crippen LogP contribution in [0.2, 0.25) is 0 Å². The third kappa shape index (κ3) is 4.72. The fraction of sp³-hybridized carbons (Fsp3) is 0.176. The Balaban J connectivity index is 1.08. The second-order valence-electron chi connectivity index (χ2n) is 22.2. The molecule has 3 heteroatoms. The zero-order valence-electron chi connectivity index (χ0n) is 39.4. The van der Waals surface area contributed by atoms with Crippen LogP contribution in [0, 0.1) is 17.8 Å². The third-order valence-corrected chi connectivity index (χ3v) is 18.9. The van der Waals surface area contributed by atoms with Crippen LogP contribution >= 0.6 is 0 Å². The van der Waals surface area contributed by atoms with Gasteiger partial charge < -0.3 is 4.40 Å². The van der Waals surface area contributed by atoms with Gasteiger partial charge in [-0.1, -0.05) is 188 Å². The van der Waals surface area contributed by atoms with Crippen LogP contribution in [0.1, 0.15) is 88.6 Å². The zero-order valence-corrected chi connectivity index (χ0v) is 39.4. The molecule has 71 heavy (non-hydrogen) atoms. The predicted molar refractivity (Wildman–Crippen MR) is 289 cm³/mol. The lowest BCUT2D eigenvalue weighted by atomic mass is 9.48. The molecule has 0 amide bonds. The standard InChI is InChI=1S/C68H49N3/c1-5-17-45(18-6-1)67(46-19-7-2-8-20-46)54-27-15-13-25-51(54)63-61(67)58-53-35-44-34-49(66-36-41-31-42(37-66)33-43(32-41)38-66)29-30-50(44)59-60-57(71(65(53)59)56(58)39-69-63)40-70-64-52-26-14-16-28-55(52)68(62(60)64,47-21-9-3-10-22-47)48-23-11-4-12-24-48/h1-30,34-35,39-43H,31-33,36-38H2. The number of aromatic nitrogens is 3. The quantitative estimate of drug-likeness (QED) is 0.172. The van der Waals surface area contributed by atoms with E-state index in [1.54, 1.807) is 5.56 Å². The minimum atomic E-state index is -0.628. The number of fused-ring (bicyclic) bond motifs is 16. The van der Waals surface area contributed by atoms with Crippen molar-refractivity contribution in [2.45, 2.75) is 54.8 Å². The molecule has 8 aromatic carbocycles. The Labute approximate surface area is 412 Å². The van der Waals surface area contributed by atoms with Gasteiger partial charge in [0.05, 0.1) is 51.2 Å². The zero-order chi connectivity index (χ0) is 46.2. The van der Waals surface area contributed by atoms with Crippen LogP contribution in [0.25, 0.3) is 71.4 Å². The van der Waals surface area contributed by atoms with Gasteiger partial charge in [-0.15, -0.1) is 0 Å². The maximum Gasteiger partial charge on any atom is 0.0761 e. The van der Waals surface area contributed by atoms with Crippen molar-refractivity contribution in [1.29, 1.82) is 0 Å². The summed E-state index contributed by atoms with van der Waals surface area (Å²) in [4.78, 5) is 11.3. The van der Waals surface area contributed by atoms with Crippen molar-refractivity contribution in [1.82, 2.24) is 14.4 Å². The Hall–Kier alpha value is -7.88. The van der Waals surface area contributed by atoms with Crippen molar-refractivity contribution in [3.05, 3.63) is 257 Å². The molecular formula is C68H49N3. The van der Waals surface area contributed by atoms with Gasteiger partial charge in [0.25, 0.3) is 0 Å². The van der Waals surface area contributed by atoms with Gasteiger partial charge in [0.1, 0.15) is 0 Å². The summed E-state index contributed by atoms with van der Waals surface area (Å²) in [6, 6.07) is 73.6. The van der Waals surface area contributed by atoms with Gasteiger partial charge in [0.15, 0.2) is 0 Å². The van der Waals surface area contributed by atoms with E-state index in [2.05, 4.69) is 211 Å². The van der Waals surface area contributed by atoms with Gasteiger partial charge in [0, 0.05) is 43.8 Å². The monoisotopic (exact) mass is 907 g/mol. The summed E-state index contributed by atoms with van der Waals surface area (Å²) in [5, 5.41) is 7.83. The van der Waals surface area contributed by atoms with E-state index in [4.69, 9.17) is 9.97 Å².